The van der Waals surface area contributed by atoms with Crippen molar-refractivity contribution in [2.75, 3.05) is 6.61 Å². The lowest BCUT2D eigenvalue weighted by Gasteiger charge is -2.21. The van der Waals surface area contributed by atoms with Gasteiger partial charge in [0.1, 0.15) is 5.75 Å². The Morgan fingerprint density at radius 3 is 2.50 bits per heavy atom. The van der Waals surface area contributed by atoms with E-state index in [9.17, 15) is 10.0 Å². The quantitative estimate of drug-likeness (QED) is 0.480. The maximum Gasteiger partial charge on any atom is 0.243 e. The van der Waals surface area contributed by atoms with E-state index < -0.39 is 0 Å². The van der Waals surface area contributed by atoms with Crippen LogP contribution in [-0.2, 0) is 4.79 Å². The van der Waals surface area contributed by atoms with Gasteiger partial charge >= 0.3 is 0 Å². The number of unbranched alkanes of at least 4 members (excludes halogenated alkanes) is 1. The molecule has 0 aliphatic rings. The largest absolute Gasteiger partial charge is 0.494 e. The van der Waals surface area contributed by atoms with Crippen LogP contribution in [0.3, 0.4) is 0 Å². The molecular weight excluding hydrogens is 230 g/mol. The smallest absolute Gasteiger partial charge is 0.243 e. The molecule has 1 aromatic carbocycles. The minimum Gasteiger partial charge on any atom is -0.494 e. The van der Waals surface area contributed by atoms with E-state index in [0.717, 1.165) is 29.2 Å². The van der Waals surface area contributed by atoms with Crippen molar-refractivity contribution in [1.29, 1.82) is 0 Å². The van der Waals surface area contributed by atoms with Gasteiger partial charge in [0.05, 0.1) is 12.6 Å². The molecule has 100 valence electrons. The van der Waals surface area contributed by atoms with Crippen LogP contribution in [0.4, 0.5) is 0 Å². The first-order valence-electron chi connectivity index (χ1n) is 6.27. The predicted molar refractivity (Wildman–Crippen MR) is 69.6 cm³/mol. The molecule has 1 amide bonds. The highest BCUT2D eigenvalue weighted by Gasteiger charge is 2.15. The molecule has 4 nitrogen and oxygen atoms in total. The number of carbonyl (C=O) groups is 1. The van der Waals surface area contributed by atoms with Gasteiger partial charge in [-0.1, -0.05) is 25.5 Å². The summed E-state index contributed by atoms with van der Waals surface area (Å²) in [5, 5.41) is 10.3. The van der Waals surface area contributed by atoms with Gasteiger partial charge < -0.3 is 4.74 Å². The van der Waals surface area contributed by atoms with Crippen molar-refractivity contribution in [1.82, 2.24) is 5.06 Å². The number of amides is 1. The zero-order valence-corrected chi connectivity index (χ0v) is 11.2. The number of ether oxygens (including phenoxy) is 1. The van der Waals surface area contributed by atoms with Crippen LogP contribution in [0.15, 0.2) is 24.3 Å². The molecule has 0 fully saturated rings. The normalized spacial score (nSPS) is 12.0. The van der Waals surface area contributed by atoms with E-state index in [2.05, 4.69) is 6.92 Å². The van der Waals surface area contributed by atoms with Gasteiger partial charge in [-0.3, -0.25) is 10.0 Å². The first-order valence-corrected chi connectivity index (χ1v) is 6.27. The average Bonchev–Trinajstić information content (AvgIpc) is 2.38. The second kappa shape index (κ2) is 7.01. The molecule has 1 atom stereocenters. The number of rotatable bonds is 6. The Kier molecular flexibility index (Phi) is 5.65. The second-order valence-electron chi connectivity index (χ2n) is 4.31. The van der Waals surface area contributed by atoms with Crippen molar-refractivity contribution in [3.05, 3.63) is 29.8 Å². The zero-order valence-electron chi connectivity index (χ0n) is 11.2. The van der Waals surface area contributed by atoms with E-state index in [1.165, 1.54) is 6.92 Å². The standard InChI is InChI=1S/C14H21NO3/c1-4-5-10-18-14-8-6-13(7-9-14)11(2)15(17)12(3)16/h6-9,11,17H,4-5,10H2,1-3H3/t11-/m1/s1. The number of nitrogens with zero attached hydrogens (tertiary/aromatic N) is 1. The van der Waals surface area contributed by atoms with Gasteiger partial charge in [-0.05, 0) is 31.0 Å². The van der Waals surface area contributed by atoms with Gasteiger partial charge in [-0.15, -0.1) is 0 Å². The Morgan fingerprint density at radius 1 is 1.39 bits per heavy atom. The molecular formula is C14H21NO3. The fraction of sp³-hybridized carbons (Fsp3) is 0.500. The summed E-state index contributed by atoms with van der Waals surface area (Å²) in [6.45, 7) is 5.93. The Bertz CT molecular complexity index is 375. The van der Waals surface area contributed by atoms with E-state index in [0.29, 0.717) is 6.61 Å². The third-order valence-electron chi connectivity index (χ3n) is 2.82. The van der Waals surface area contributed by atoms with Gasteiger partial charge in [0.15, 0.2) is 0 Å². The SMILES string of the molecule is CCCCOc1ccc([C@@H](C)N(O)C(C)=O)cc1. The summed E-state index contributed by atoms with van der Waals surface area (Å²) >= 11 is 0. The molecule has 0 aliphatic heterocycles. The van der Waals surface area contributed by atoms with Crippen LogP contribution in [0, 0.1) is 0 Å². The highest BCUT2D eigenvalue weighted by atomic mass is 16.5. The molecule has 0 heterocycles. The van der Waals surface area contributed by atoms with Crippen LogP contribution >= 0.6 is 0 Å². The summed E-state index contributed by atoms with van der Waals surface area (Å²) in [4.78, 5) is 11.1. The monoisotopic (exact) mass is 251 g/mol. The topological polar surface area (TPSA) is 49.8 Å². The Morgan fingerprint density at radius 2 is 2.00 bits per heavy atom. The molecule has 18 heavy (non-hydrogen) atoms. The molecule has 0 aliphatic carbocycles. The van der Waals surface area contributed by atoms with Crippen LogP contribution in [0.25, 0.3) is 0 Å². The van der Waals surface area contributed by atoms with Crippen molar-refractivity contribution in [2.24, 2.45) is 0 Å². The number of hydrogen-bond acceptors (Lipinski definition) is 3. The van der Waals surface area contributed by atoms with Crippen molar-refractivity contribution in [3.8, 4) is 5.75 Å². The summed E-state index contributed by atoms with van der Waals surface area (Å²) in [6, 6.07) is 7.08. The molecule has 0 bridgehead atoms. The molecule has 1 rings (SSSR count). The summed E-state index contributed by atoms with van der Waals surface area (Å²) in [5.74, 6) is 0.442. The van der Waals surface area contributed by atoms with Crippen LogP contribution < -0.4 is 4.74 Å². The number of carbonyl (C=O) groups excluding carboxylic acids is 1. The maximum atomic E-state index is 11.1. The summed E-state index contributed by atoms with van der Waals surface area (Å²) < 4.78 is 5.55. The lowest BCUT2D eigenvalue weighted by Crippen LogP contribution is -2.27. The molecule has 0 radical (unpaired) electrons. The molecule has 0 aromatic heterocycles. The fourth-order valence-electron chi connectivity index (χ4n) is 1.59. The predicted octanol–water partition coefficient (Wildman–Crippen LogP) is 3.16. The van der Waals surface area contributed by atoms with E-state index in [1.807, 2.05) is 24.3 Å². The Labute approximate surface area is 108 Å². The van der Waals surface area contributed by atoms with Gasteiger partial charge in [0.25, 0.3) is 0 Å². The average molecular weight is 251 g/mol. The van der Waals surface area contributed by atoms with Crippen LogP contribution in [0.5, 0.6) is 5.75 Å². The minimum atomic E-state index is -0.370. The highest BCUT2D eigenvalue weighted by Crippen LogP contribution is 2.21. The number of hydroxylamine groups is 2. The summed E-state index contributed by atoms with van der Waals surface area (Å²) in [6.07, 6.45) is 2.14. The van der Waals surface area contributed by atoms with E-state index >= 15 is 0 Å². The lowest BCUT2D eigenvalue weighted by atomic mass is 10.1. The zero-order chi connectivity index (χ0) is 13.5. The van der Waals surface area contributed by atoms with Crippen LogP contribution in [-0.4, -0.2) is 22.8 Å². The van der Waals surface area contributed by atoms with Crippen molar-refractivity contribution >= 4 is 5.91 Å². The molecule has 1 N–H and O–H groups in total. The van der Waals surface area contributed by atoms with Crippen LogP contribution in [0.1, 0.15) is 45.2 Å². The van der Waals surface area contributed by atoms with E-state index in [-0.39, 0.29) is 11.9 Å². The molecule has 0 saturated carbocycles. The van der Waals surface area contributed by atoms with Gasteiger partial charge in [-0.2, -0.15) is 0 Å². The van der Waals surface area contributed by atoms with Crippen molar-refractivity contribution in [2.45, 2.75) is 39.7 Å². The molecule has 0 saturated heterocycles. The van der Waals surface area contributed by atoms with E-state index in [4.69, 9.17) is 4.74 Å². The van der Waals surface area contributed by atoms with Crippen molar-refractivity contribution < 1.29 is 14.7 Å². The number of benzene rings is 1. The highest BCUT2D eigenvalue weighted by molar-refractivity contribution is 5.72. The molecule has 0 spiro atoms. The number of hydrogen-bond donors (Lipinski definition) is 1. The molecule has 4 heteroatoms. The Hall–Kier alpha value is -1.55. The minimum absolute atomic E-state index is 0.354. The van der Waals surface area contributed by atoms with Crippen LogP contribution in [0.2, 0.25) is 0 Å². The lowest BCUT2D eigenvalue weighted by molar-refractivity contribution is -0.172. The molecule has 1 aromatic rings. The van der Waals surface area contributed by atoms with Gasteiger partial charge in [0.2, 0.25) is 5.91 Å². The Balaban J connectivity index is 2.61. The first-order chi connectivity index (χ1) is 8.56. The third kappa shape index (κ3) is 4.04. The maximum absolute atomic E-state index is 11.1. The molecule has 0 unspecified atom stereocenters. The van der Waals surface area contributed by atoms with Crippen molar-refractivity contribution in [3.63, 3.8) is 0 Å². The summed E-state index contributed by atoms with van der Waals surface area (Å²) in [5.41, 5.74) is 0.871. The van der Waals surface area contributed by atoms with Gasteiger partial charge in [-0.25, -0.2) is 5.06 Å². The fourth-order valence-corrected chi connectivity index (χ4v) is 1.59. The third-order valence-corrected chi connectivity index (χ3v) is 2.82. The van der Waals surface area contributed by atoms with E-state index in [1.54, 1.807) is 6.92 Å². The van der Waals surface area contributed by atoms with Gasteiger partial charge in [0, 0.05) is 6.92 Å². The second-order valence-corrected chi connectivity index (χ2v) is 4.31. The first kappa shape index (κ1) is 14.5. The summed E-state index contributed by atoms with van der Waals surface area (Å²) in [7, 11) is 0.